The van der Waals surface area contributed by atoms with E-state index in [9.17, 15) is 24.6 Å². The number of nitrogens with zero attached hydrogens (tertiary/aromatic N) is 1. The summed E-state index contributed by atoms with van der Waals surface area (Å²) in [7, 11) is 0. The minimum atomic E-state index is -1.34. The average Bonchev–Trinajstić information content (AvgIpc) is 2.83. The molecule has 36 heavy (non-hydrogen) atoms. The number of aliphatic hydroxyl groups is 1. The number of rotatable bonds is 11. The molecule has 2 aromatic rings. The number of alkyl carbamates (subject to hydrolysis) is 1. The molecule has 2 unspecified atom stereocenters. The smallest absolute Gasteiger partial charge is 0.408 e. The first-order valence-corrected chi connectivity index (χ1v) is 12.1. The van der Waals surface area contributed by atoms with Crippen molar-refractivity contribution in [2.45, 2.75) is 64.8 Å². The molecule has 0 fully saturated rings. The molecule has 0 saturated carbocycles. The highest BCUT2D eigenvalue weighted by Crippen LogP contribution is 2.30. The summed E-state index contributed by atoms with van der Waals surface area (Å²) in [4.78, 5) is 40.7. The Balaban J connectivity index is 2.39. The third-order valence-corrected chi connectivity index (χ3v) is 5.31. The molecule has 196 valence electrons. The van der Waals surface area contributed by atoms with Gasteiger partial charge < -0.3 is 30.5 Å². The molecule has 0 saturated heterocycles. The molecular formula is C27H37N3O6. The van der Waals surface area contributed by atoms with Crippen molar-refractivity contribution in [3.8, 4) is 5.75 Å². The van der Waals surface area contributed by atoms with Crippen LogP contribution in [0.15, 0.2) is 54.6 Å². The Morgan fingerprint density at radius 2 is 1.67 bits per heavy atom. The van der Waals surface area contributed by atoms with Gasteiger partial charge in [-0.05, 0) is 38.8 Å². The SMILES string of the molecule is CCCCN(C(=O)C(CO)NC(=O)OC(C)(C)C)C(C(=O)NCc1ccccc1)c1ccccc1O. The fraction of sp³-hybridized carbons (Fsp3) is 0.444. The maximum absolute atomic E-state index is 13.6. The zero-order valence-electron chi connectivity index (χ0n) is 21.4. The summed E-state index contributed by atoms with van der Waals surface area (Å²) in [6.07, 6.45) is 0.427. The summed E-state index contributed by atoms with van der Waals surface area (Å²) in [5.41, 5.74) is 0.305. The fourth-order valence-corrected chi connectivity index (χ4v) is 3.58. The number of aliphatic hydroxyl groups excluding tert-OH is 1. The van der Waals surface area contributed by atoms with E-state index < -0.39 is 42.2 Å². The summed E-state index contributed by atoms with van der Waals surface area (Å²) in [5, 5.41) is 25.8. The van der Waals surface area contributed by atoms with E-state index in [2.05, 4.69) is 10.6 Å². The second-order valence-electron chi connectivity index (χ2n) is 9.43. The van der Waals surface area contributed by atoms with Crippen molar-refractivity contribution in [1.82, 2.24) is 15.5 Å². The molecule has 0 aliphatic carbocycles. The molecule has 0 aromatic heterocycles. The second-order valence-corrected chi connectivity index (χ2v) is 9.43. The molecule has 0 radical (unpaired) electrons. The van der Waals surface area contributed by atoms with Gasteiger partial charge in [0, 0.05) is 18.7 Å². The molecule has 2 rings (SSSR count). The van der Waals surface area contributed by atoms with Gasteiger partial charge >= 0.3 is 6.09 Å². The van der Waals surface area contributed by atoms with Gasteiger partial charge in [0.2, 0.25) is 11.8 Å². The molecule has 0 spiro atoms. The number of nitrogens with one attached hydrogen (secondary N) is 2. The van der Waals surface area contributed by atoms with Crippen LogP contribution in [0.1, 0.15) is 57.7 Å². The minimum absolute atomic E-state index is 0.146. The predicted molar refractivity (Wildman–Crippen MR) is 136 cm³/mol. The average molecular weight is 500 g/mol. The molecule has 2 atom stereocenters. The summed E-state index contributed by atoms with van der Waals surface area (Å²) in [6.45, 7) is 6.68. The van der Waals surface area contributed by atoms with Crippen molar-refractivity contribution in [3.63, 3.8) is 0 Å². The summed E-state index contributed by atoms with van der Waals surface area (Å²) in [5.74, 6) is -1.31. The van der Waals surface area contributed by atoms with E-state index in [1.165, 1.54) is 11.0 Å². The number of carbonyl (C=O) groups excluding carboxylic acids is 3. The summed E-state index contributed by atoms with van der Waals surface area (Å²) < 4.78 is 5.23. The van der Waals surface area contributed by atoms with Gasteiger partial charge in [0.1, 0.15) is 23.4 Å². The van der Waals surface area contributed by atoms with Crippen LogP contribution in [0.5, 0.6) is 5.75 Å². The number of amides is 3. The van der Waals surface area contributed by atoms with Crippen LogP contribution >= 0.6 is 0 Å². The van der Waals surface area contributed by atoms with E-state index in [-0.39, 0.29) is 24.4 Å². The molecule has 0 heterocycles. The van der Waals surface area contributed by atoms with Crippen molar-refractivity contribution in [2.75, 3.05) is 13.2 Å². The Morgan fingerprint density at radius 1 is 1.03 bits per heavy atom. The van der Waals surface area contributed by atoms with Gasteiger partial charge in [-0.2, -0.15) is 0 Å². The van der Waals surface area contributed by atoms with Gasteiger partial charge in [-0.3, -0.25) is 9.59 Å². The lowest BCUT2D eigenvalue weighted by Gasteiger charge is -2.34. The Morgan fingerprint density at radius 3 is 2.25 bits per heavy atom. The monoisotopic (exact) mass is 499 g/mol. The molecule has 4 N–H and O–H groups in total. The van der Waals surface area contributed by atoms with Crippen LogP contribution in [-0.2, 0) is 20.9 Å². The zero-order chi connectivity index (χ0) is 26.7. The quantitative estimate of drug-likeness (QED) is 0.376. The van der Waals surface area contributed by atoms with Crippen molar-refractivity contribution in [3.05, 3.63) is 65.7 Å². The summed E-state index contributed by atoms with van der Waals surface area (Å²) in [6, 6.07) is 13.1. The van der Waals surface area contributed by atoms with E-state index in [1.54, 1.807) is 39.0 Å². The number of hydrogen-bond donors (Lipinski definition) is 4. The van der Waals surface area contributed by atoms with Crippen LogP contribution in [0.25, 0.3) is 0 Å². The number of phenolic OH excluding ortho intramolecular Hbond substituents is 1. The molecule has 0 aliphatic rings. The number of hydrogen-bond acceptors (Lipinski definition) is 6. The fourth-order valence-electron chi connectivity index (χ4n) is 3.58. The largest absolute Gasteiger partial charge is 0.508 e. The number of benzene rings is 2. The van der Waals surface area contributed by atoms with Gasteiger partial charge in [0.05, 0.1) is 6.61 Å². The van der Waals surface area contributed by atoms with Gasteiger partial charge in [-0.15, -0.1) is 0 Å². The van der Waals surface area contributed by atoms with Gasteiger partial charge in [-0.25, -0.2) is 4.79 Å². The normalized spacial score (nSPS) is 12.8. The van der Waals surface area contributed by atoms with Gasteiger partial charge in [0.15, 0.2) is 0 Å². The van der Waals surface area contributed by atoms with Crippen molar-refractivity contribution < 1.29 is 29.3 Å². The standard InChI is InChI=1S/C27H37N3O6/c1-5-6-16-30(25(34)21(18-31)29-26(35)36-27(2,3)4)23(20-14-10-11-15-22(20)32)24(33)28-17-19-12-8-7-9-13-19/h7-15,21,23,31-32H,5-6,16-18H2,1-4H3,(H,28,33)(H,29,35). The van der Waals surface area contributed by atoms with Crippen molar-refractivity contribution >= 4 is 17.9 Å². The maximum atomic E-state index is 13.6. The highest BCUT2D eigenvalue weighted by atomic mass is 16.6. The Labute approximate surface area is 212 Å². The number of para-hydroxylation sites is 1. The van der Waals surface area contributed by atoms with Crippen LogP contribution in [0.2, 0.25) is 0 Å². The third kappa shape index (κ3) is 8.57. The minimum Gasteiger partial charge on any atom is -0.508 e. The Kier molecular flexibility index (Phi) is 10.7. The summed E-state index contributed by atoms with van der Waals surface area (Å²) >= 11 is 0. The van der Waals surface area contributed by atoms with Crippen molar-refractivity contribution in [1.29, 1.82) is 0 Å². The highest BCUT2D eigenvalue weighted by Gasteiger charge is 2.36. The topological polar surface area (TPSA) is 128 Å². The third-order valence-electron chi connectivity index (χ3n) is 5.31. The number of ether oxygens (including phenoxy) is 1. The zero-order valence-corrected chi connectivity index (χ0v) is 21.4. The van der Waals surface area contributed by atoms with Crippen LogP contribution < -0.4 is 10.6 Å². The van der Waals surface area contributed by atoms with Crippen LogP contribution in [0.4, 0.5) is 4.79 Å². The van der Waals surface area contributed by atoms with E-state index in [4.69, 9.17) is 4.74 Å². The first kappa shape index (κ1) is 28.6. The number of phenols is 1. The Bertz CT molecular complexity index is 1010. The lowest BCUT2D eigenvalue weighted by atomic mass is 10.0. The van der Waals surface area contributed by atoms with Crippen LogP contribution in [0.3, 0.4) is 0 Å². The van der Waals surface area contributed by atoms with E-state index in [1.807, 2.05) is 37.3 Å². The molecule has 3 amide bonds. The lowest BCUT2D eigenvalue weighted by Crippen LogP contribution is -2.54. The van der Waals surface area contributed by atoms with E-state index in [0.29, 0.717) is 6.42 Å². The van der Waals surface area contributed by atoms with Crippen molar-refractivity contribution in [2.24, 2.45) is 0 Å². The number of aromatic hydroxyl groups is 1. The Hall–Kier alpha value is -3.59. The first-order chi connectivity index (χ1) is 17.1. The first-order valence-electron chi connectivity index (χ1n) is 12.1. The number of carbonyl (C=O) groups is 3. The maximum Gasteiger partial charge on any atom is 0.408 e. The van der Waals surface area contributed by atoms with E-state index in [0.717, 1.165) is 12.0 Å². The molecule has 0 bridgehead atoms. The van der Waals surface area contributed by atoms with Crippen LogP contribution in [0, 0.1) is 0 Å². The molecule has 2 aromatic carbocycles. The lowest BCUT2D eigenvalue weighted by molar-refractivity contribution is -0.143. The second kappa shape index (κ2) is 13.5. The predicted octanol–water partition coefficient (Wildman–Crippen LogP) is 3.26. The van der Waals surface area contributed by atoms with E-state index >= 15 is 0 Å². The molecule has 0 aliphatic heterocycles. The van der Waals surface area contributed by atoms with Gasteiger partial charge in [0.25, 0.3) is 0 Å². The molecular weight excluding hydrogens is 462 g/mol. The number of unbranched alkanes of at least 4 members (excludes halogenated alkanes) is 1. The molecule has 9 nitrogen and oxygen atoms in total. The van der Waals surface area contributed by atoms with Gasteiger partial charge in [-0.1, -0.05) is 61.9 Å². The highest BCUT2D eigenvalue weighted by molar-refractivity contribution is 5.92. The van der Waals surface area contributed by atoms with Crippen LogP contribution in [-0.4, -0.2) is 57.8 Å². The molecule has 9 heteroatoms.